The highest BCUT2D eigenvalue weighted by molar-refractivity contribution is 7.91. The molecule has 34 heavy (non-hydrogen) atoms. The number of thiazole rings is 1. The number of carbonyl (C=O) groups is 2. The number of hydrogen-bond acceptors (Lipinski definition) is 8. The Balaban J connectivity index is 1.87. The minimum Gasteiger partial charge on any atom is -0.465 e. The highest BCUT2D eigenvalue weighted by Crippen LogP contribution is 2.22. The van der Waals surface area contributed by atoms with Crippen LogP contribution in [-0.2, 0) is 40.5 Å². The van der Waals surface area contributed by atoms with E-state index >= 15 is 0 Å². The van der Waals surface area contributed by atoms with E-state index in [4.69, 9.17) is 4.74 Å². The predicted molar refractivity (Wildman–Crippen MR) is 128 cm³/mol. The monoisotopic (exact) mass is 524 g/mol. The van der Waals surface area contributed by atoms with Crippen molar-refractivity contribution in [1.82, 2.24) is 4.57 Å². The Hall–Kier alpha value is -2.83. The summed E-state index contributed by atoms with van der Waals surface area (Å²) in [5, 5.41) is 0. The number of hydrogen-bond donors (Lipinski definition) is 0. The van der Waals surface area contributed by atoms with Gasteiger partial charge in [0.05, 0.1) is 32.4 Å². The van der Waals surface area contributed by atoms with Crippen LogP contribution in [0.15, 0.2) is 63.3 Å². The largest absolute Gasteiger partial charge is 0.465 e. The Morgan fingerprint density at radius 3 is 2.38 bits per heavy atom. The van der Waals surface area contributed by atoms with E-state index in [0.29, 0.717) is 10.2 Å². The number of nitrogens with zero attached hydrogens (tertiary/aromatic N) is 2. The van der Waals surface area contributed by atoms with Gasteiger partial charge in [-0.25, -0.2) is 16.8 Å². The van der Waals surface area contributed by atoms with E-state index in [1.54, 1.807) is 31.2 Å². The summed E-state index contributed by atoms with van der Waals surface area (Å²) in [7, 11) is -6.96. The van der Waals surface area contributed by atoms with Gasteiger partial charge in [-0.15, -0.1) is 0 Å². The number of fused-ring (bicyclic) bond motifs is 1. The number of amides is 1. The van der Waals surface area contributed by atoms with Crippen LogP contribution in [0, 0.1) is 0 Å². The van der Waals surface area contributed by atoms with Crippen LogP contribution in [-0.4, -0.2) is 51.9 Å². The highest BCUT2D eigenvalue weighted by Gasteiger charge is 2.17. The Kier molecular flexibility index (Phi) is 8.05. The van der Waals surface area contributed by atoms with Crippen LogP contribution in [0.1, 0.15) is 19.8 Å². The van der Waals surface area contributed by atoms with Crippen LogP contribution >= 0.6 is 11.3 Å². The van der Waals surface area contributed by atoms with Crippen LogP contribution in [0.5, 0.6) is 0 Å². The van der Waals surface area contributed by atoms with E-state index in [-0.39, 0.29) is 46.3 Å². The van der Waals surface area contributed by atoms with Crippen LogP contribution in [0.2, 0.25) is 0 Å². The fourth-order valence-corrected chi connectivity index (χ4v) is 6.32. The molecule has 0 atom stereocenters. The third-order valence-electron chi connectivity index (χ3n) is 4.80. The minimum absolute atomic E-state index is 0.0839. The molecule has 2 aromatic carbocycles. The quantitative estimate of drug-likeness (QED) is 0.393. The fourth-order valence-electron chi connectivity index (χ4n) is 3.18. The second kappa shape index (κ2) is 10.6. The standard InChI is InChI=1S/C22H24N2O7S3/c1-3-31-21(26)15-24-18-12-11-17(33(2,27)28)14-19(18)32-22(24)23-20(25)10-7-13-34(29,30)16-8-5-4-6-9-16/h4-6,8-9,11-12,14H,3,7,10,13,15H2,1-2H3. The highest BCUT2D eigenvalue weighted by atomic mass is 32.2. The zero-order valence-electron chi connectivity index (χ0n) is 18.6. The summed E-state index contributed by atoms with van der Waals surface area (Å²) in [6, 6.07) is 12.4. The average molecular weight is 525 g/mol. The first-order valence-corrected chi connectivity index (χ1v) is 14.7. The molecular weight excluding hydrogens is 500 g/mol. The molecule has 0 unspecified atom stereocenters. The number of esters is 1. The first kappa shape index (κ1) is 25.8. The molecule has 0 aliphatic rings. The van der Waals surface area contributed by atoms with E-state index in [9.17, 15) is 26.4 Å². The number of aromatic nitrogens is 1. The predicted octanol–water partition coefficient (Wildman–Crippen LogP) is 2.35. The van der Waals surface area contributed by atoms with Crippen molar-refractivity contribution in [2.45, 2.75) is 36.1 Å². The molecule has 1 aromatic heterocycles. The topological polar surface area (TPSA) is 129 Å². The third kappa shape index (κ3) is 6.39. The Morgan fingerprint density at radius 2 is 1.74 bits per heavy atom. The smallest absolute Gasteiger partial charge is 0.326 e. The molecule has 0 aliphatic carbocycles. The molecule has 0 saturated carbocycles. The van der Waals surface area contributed by atoms with E-state index in [1.165, 1.54) is 28.8 Å². The molecule has 0 bridgehead atoms. The Labute approximate surface area is 201 Å². The molecular formula is C22H24N2O7S3. The van der Waals surface area contributed by atoms with Crippen molar-refractivity contribution in [3.05, 3.63) is 53.3 Å². The van der Waals surface area contributed by atoms with Crippen molar-refractivity contribution >= 4 is 53.1 Å². The van der Waals surface area contributed by atoms with Gasteiger partial charge in [0, 0.05) is 12.7 Å². The molecule has 9 nitrogen and oxygen atoms in total. The Morgan fingerprint density at radius 1 is 1.03 bits per heavy atom. The zero-order valence-corrected chi connectivity index (χ0v) is 21.1. The summed E-state index contributed by atoms with van der Waals surface area (Å²) in [4.78, 5) is 29.2. The molecule has 0 aliphatic heterocycles. The Bertz CT molecular complexity index is 1490. The summed E-state index contributed by atoms with van der Waals surface area (Å²) >= 11 is 1.06. The second-order valence-corrected chi connectivity index (χ2v) is 12.6. The van der Waals surface area contributed by atoms with Crippen LogP contribution < -0.4 is 4.80 Å². The average Bonchev–Trinajstić information content (AvgIpc) is 3.09. The van der Waals surface area contributed by atoms with Crippen LogP contribution in [0.4, 0.5) is 0 Å². The van der Waals surface area contributed by atoms with Crippen LogP contribution in [0.3, 0.4) is 0 Å². The lowest BCUT2D eigenvalue weighted by molar-refractivity contribution is -0.143. The molecule has 0 saturated heterocycles. The van der Waals surface area contributed by atoms with Gasteiger partial charge in [-0.05, 0) is 43.7 Å². The van der Waals surface area contributed by atoms with Crippen molar-refractivity contribution < 1.29 is 31.2 Å². The van der Waals surface area contributed by atoms with Gasteiger partial charge in [0.2, 0.25) is 5.91 Å². The third-order valence-corrected chi connectivity index (χ3v) is 8.77. The number of sulfone groups is 2. The number of rotatable bonds is 9. The minimum atomic E-state index is -3.51. The first-order valence-electron chi connectivity index (χ1n) is 10.4. The van der Waals surface area contributed by atoms with E-state index in [1.807, 2.05) is 0 Å². The summed E-state index contributed by atoms with van der Waals surface area (Å²) in [6.45, 7) is 1.65. The number of ether oxygens (including phenoxy) is 1. The summed E-state index contributed by atoms with van der Waals surface area (Å²) < 4.78 is 55.6. The molecule has 0 spiro atoms. The zero-order chi connectivity index (χ0) is 24.9. The van der Waals surface area contributed by atoms with Crippen molar-refractivity contribution in [2.75, 3.05) is 18.6 Å². The molecule has 0 N–H and O–H groups in total. The van der Waals surface area contributed by atoms with Crippen molar-refractivity contribution in [1.29, 1.82) is 0 Å². The van der Waals surface area contributed by atoms with Crippen molar-refractivity contribution in [3.63, 3.8) is 0 Å². The maximum Gasteiger partial charge on any atom is 0.326 e. The first-order chi connectivity index (χ1) is 16.0. The molecule has 182 valence electrons. The van der Waals surface area contributed by atoms with Gasteiger partial charge in [0.25, 0.3) is 0 Å². The molecule has 0 radical (unpaired) electrons. The normalized spacial score (nSPS) is 12.7. The van der Waals surface area contributed by atoms with Gasteiger partial charge in [-0.2, -0.15) is 4.99 Å². The lowest BCUT2D eigenvalue weighted by Gasteiger charge is -2.06. The SMILES string of the molecule is CCOC(=O)Cn1c(=NC(=O)CCCS(=O)(=O)c2ccccc2)sc2cc(S(C)(=O)=O)ccc21. The van der Waals surface area contributed by atoms with E-state index in [2.05, 4.69) is 4.99 Å². The van der Waals surface area contributed by atoms with E-state index < -0.39 is 31.6 Å². The molecule has 3 aromatic rings. The van der Waals surface area contributed by atoms with Gasteiger partial charge in [-0.3, -0.25) is 9.59 Å². The molecule has 0 fully saturated rings. The van der Waals surface area contributed by atoms with E-state index in [0.717, 1.165) is 17.6 Å². The second-order valence-electron chi connectivity index (χ2n) is 7.42. The molecule has 1 heterocycles. The van der Waals surface area contributed by atoms with Crippen molar-refractivity contribution in [2.24, 2.45) is 4.99 Å². The van der Waals surface area contributed by atoms with Gasteiger partial charge in [-0.1, -0.05) is 29.5 Å². The van der Waals surface area contributed by atoms with Gasteiger partial charge in [0.1, 0.15) is 6.54 Å². The lowest BCUT2D eigenvalue weighted by atomic mass is 10.3. The lowest BCUT2D eigenvalue weighted by Crippen LogP contribution is -2.23. The van der Waals surface area contributed by atoms with Gasteiger partial charge >= 0.3 is 5.97 Å². The fraction of sp³-hybridized carbons (Fsp3) is 0.318. The van der Waals surface area contributed by atoms with Crippen molar-refractivity contribution in [3.8, 4) is 0 Å². The maximum atomic E-state index is 12.5. The molecule has 12 heteroatoms. The maximum absolute atomic E-state index is 12.5. The summed E-state index contributed by atoms with van der Waals surface area (Å²) in [5.74, 6) is -1.28. The molecule has 1 amide bonds. The van der Waals surface area contributed by atoms with Crippen LogP contribution in [0.25, 0.3) is 10.2 Å². The number of benzene rings is 2. The molecule has 3 rings (SSSR count). The number of carbonyl (C=O) groups excluding carboxylic acids is 2. The van der Waals surface area contributed by atoms with Gasteiger partial charge in [0.15, 0.2) is 24.5 Å². The summed E-state index contributed by atoms with van der Waals surface area (Å²) in [5.41, 5.74) is 0.531. The van der Waals surface area contributed by atoms with Gasteiger partial charge < -0.3 is 9.30 Å². The summed E-state index contributed by atoms with van der Waals surface area (Å²) in [6.07, 6.45) is 1.07.